The lowest BCUT2D eigenvalue weighted by molar-refractivity contribution is -0.139. The molecule has 2 aliphatic rings. The highest BCUT2D eigenvalue weighted by molar-refractivity contribution is 7.80. The fraction of sp³-hybridized carbons (Fsp3) is 0.727. The lowest BCUT2D eigenvalue weighted by Gasteiger charge is -2.39. The van der Waals surface area contributed by atoms with E-state index in [-0.39, 0.29) is 23.0 Å². The molecule has 0 aliphatic carbocycles. The molecule has 0 bridgehead atoms. The predicted octanol–water partition coefficient (Wildman–Crippen LogP) is -0.465. The Balaban J connectivity index is 2.06. The minimum absolute atomic E-state index is 0.0410. The average molecular weight is 270 g/mol. The molecule has 1 atom stereocenters. The maximum atomic E-state index is 12.4. The van der Waals surface area contributed by atoms with E-state index in [1.165, 1.54) is 0 Å². The zero-order chi connectivity index (χ0) is 13.5. The van der Waals surface area contributed by atoms with Crippen molar-refractivity contribution < 1.29 is 9.59 Å². The summed E-state index contributed by atoms with van der Waals surface area (Å²) in [4.78, 5) is 27.6. The first-order valence-corrected chi connectivity index (χ1v) is 6.38. The molecule has 1 unspecified atom stereocenters. The van der Waals surface area contributed by atoms with E-state index in [4.69, 9.17) is 18.0 Å². The lowest BCUT2D eigenvalue weighted by Crippen LogP contribution is -2.57. The van der Waals surface area contributed by atoms with Gasteiger partial charge in [0, 0.05) is 26.2 Å². The molecule has 6 nitrogen and oxygen atoms in total. The zero-order valence-electron chi connectivity index (χ0n) is 10.6. The molecule has 0 aromatic heterocycles. The van der Waals surface area contributed by atoms with Gasteiger partial charge in [0.05, 0.1) is 16.4 Å². The Morgan fingerprint density at radius 3 is 2.78 bits per heavy atom. The van der Waals surface area contributed by atoms with Crippen LogP contribution in [0.4, 0.5) is 4.79 Å². The van der Waals surface area contributed by atoms with Gasteiger partial charge in [-0.25, -0.2) is 4.79 Å². The molecule has 7 heteroatoms. The first kappa shape index (κ1) is 13.1. The number of carbonyl (C=O) groups excluding carboxylic acids is 2. The Labute approximate surface area is 111 Å². The van der Waals surface area contributed by atoms with Crippen LogP contribution in [0.1, 0.15) is 13.8 Å². The minimum Gasteiger partial charge on any atom is -0.392 e. The summed E-state index contributed by atoms with van der Waals surface area (Å²) in [5.74, 6) is -0.0611. The van der Waals surface area contributed by atoms with Crippen molar-refractivity contribution in [3.8, 4) is 0 Å². The number of fused-ring (bicyclic) bond motifs is 1. The lowest BCUT2D eigenvalue weighted by atomic mass is 9.91. The number of hydrogen-bond acceptors (Lipinski definition) is 3. The van der Waals surface area contributed by atoms with Crippen LogP contribution in [0.25, 0.3) is 0 Å². The van der Waals surface area contributed by atoms with E-state index < -0.39 is 5.41 Å². The predicted molar refractivity (Wildman–Crippen MR) is 71.0 cm³/mol. The first-order chi connectivity index (χ1) is 8.34. The van der Waals surface area contributed by atoms with Gasteiger partial charge in [-0.2, -0.15) is 0 Å². The average Bonchev–Trinajstić information content (AvgIpc) is 2.69. The summed E-state index contributed by atoms with van der Waals surface area (Å²) in [6.45, 7) is 5.72. The van der Waals surface area contributed by atoms with Crippen LogP contribution < -0.4 is 11.1 Å². The van der Waals surface area contributed by atoms with Crippen molar-refractivity contribution in [2.45, 2.75) is 19.9 Å². The van der Waals surface area contributed by atoms with Crippen molar-refractivity contribution in [2.75, 3.05) is 26.2 Å². The Kier molecular flexibility index (Phi) is 3.18. The number of nitrogens with zero attached hydrogens (tertiary/aromatic N) is 2. The molecule has 2 rings (SSSR count). The Morgan fingerprint density at radius 1 is 1.50 bits per heavy atom. The van der Waals surface area contributed by atoms with Crippen LogP contribution in [-0.2, 0) is 4.79 Å². The van der Waals surface area contributed by atoms with E-state index in [2.05, 4.69) is 5.32 Å². The Morgan fingerprint density at radius 2 is 2.17 bits per heavy atom. The van der Waals surface area contributed by atoms with Gasteiger partial charge in [-0.3, -0.25) is 4.79 Å². The normalized spacial score (nSPS) is 23.7. The van der Waals surface area contributed by atoms with Crippen LogP contribution in [0, 0.1) is 5.41 Å². The monoisotopic (exact) mass is 270 g/mol. The molecule has 100 valence electrons. The first-order valence-electron chi connectivity index (χ1n) is 5.98. The molecular formula is C11H18N4O2S. The third-order valence-corrected chi connectivity index (χ3v) is 4.18. The van der Waals surface area contributed by atoms with Crippen LogP contribution in [-0.4, -0.2) is 58.9 Å². The number of amides is 3. The van der Waals surface area contributed by atoms with E-state index in [0.717, 1.165) is 0 Å². The molecule has 0 saturated carbocycles. The molecule has 0 radical (unpaired) electrons. The SMILES string of the molecule is CC(C)(C(=O)N1CCN2C(=O)NCC2C1)C(N)=S. The molecule has 2 aliphatic heterocycles. The fourth-order valence-electron chi connectivity index (χ4n) is 2.29. The fourth-order valence-corrected chi connectivity index (χ4v) is 2.38. The second-order valence-electron chi connectivity index (χ2n) is 5.27. The minimum atomic E-state index is -0.826. The third kappa shape index (κ3) is 2.03. The second-order valence-corrected chi connectivity index (χ2v) is 5.71. The Hall–Kier alpha value is -1.37. The van der Waals surface area contributed by atoms with Crippen LogP contribution >= 0.6 is 12.2 Å². The number of nitrogens with two attached hydrogens (primary N) is 1. The molecule has 0 aromatic carbocycles. The molecule has 3 N–H and O–H groups in total. The number of carbonyl (C=O) groups is 2. The van der Waals surface area contributed by atoms with Crippen molar-refractivity contribution in [1.29, 1.82) is 0 Å². The van der Waals surface area contributed by atoms with Gasteiger partial charge in [-0.1, -0.05) is 12.2 Å². The van der Waals surface area contributed by atoms with Crippen molar-refractivity contribution in [3.05, 3.63) is 0 Å². The van der Waals surface area contributed by atoms with Gasteiger partial charge in [0.15, 0.2) is 0 Å². The number of piperazine rings is 1. The maximum absolute atomic E-state index is 12.4. The summed E-state index contributed by atoms with van der Waals surface area (Å²) in [6.07, 6.45) is 0. The summed E-state index contributed by atoms with van der Waals surface area (Å²) in [6, 6.07) is 0.0260. The number of rotatable bonds is 2. The molecule has 2 fully saturated rings. The van der Waals surface area contributed by atoms with Crippen molar-refractivity contribution >= 4 is 29.1 Å². The van der Waals surface area contributed by atoms with Gasteiger partial charge in [0.25, 0.3) is 0 Å². The van der Waals surface area contributed by atoms with Crippen molar-refractivity contribution in [2.24, 2.45) is 11.1 Å². The third-order valence-electron chi connectivity index (χ3n) is 3.67. The van der Waals surface area contributed by atoms with E-state index >= 15 is 0 Å². The maximum Gasteiger partial charge on any atom is 0.317 e. The summed E-state index contributed by atoms with van der Waals surface area (Å²) in [7, 11) is 0. The van der Waals surface area contributed by atoms with Crippen LogP contribution in [0.5, 0.6) is 0 Å². The highest BCUT2D eigenvalue weighted by Crippen LogP contribution is 2.23. The van der Waals surface area contributed by atoms with Gasteiger partial charge >= 0.3 is 6.03 Å². The summed E-state index contributed by atoms with van der Waals surface area (Å²) in [5.41, 5.74) is 4.79. The van der Waals surface area contributed by atoms with Crippen molar-refractivity contribution in [1.82, 2.24) is 15.1 Å². The number of nitrogens with one attached hydrogen (secondary N) is 1. The molecule has 18 heavy (non-hydrogen) atoms. The molecule has 2 heterocycles. The zero-order valence-corrected chi connectivity index (χ0v) is 11.4. The second kappa shape index (κ2) is 4.38. The van der Waals surface area contributed by atoms with E-state index in [0.29, 0.717) is 26.2 Å². The van der Waals surface area contributed by atoms with Crippen LogP contribution in [0.3, 0.4) is 0 Å². The van der Waals surface area contributed by atoms with E-state index in [1.807, 2.05) is 0 Å². The van der Waals surface area contributed by atoms with Gasteiger partial charge in [0.1, 0.15) is 0 Å². The van der Waals surface area contributed by atoms with Crippen LogP contribution in [0.2, 0.25) is 0 Å². The molecule has 3 amide bonds. The molecule has 0 aromatic rings. The van der Waals surface area contributed by atoms with E-state index in [1.54, 1.807) is 23.6 Å². The summed E-state index contributed by atoms with van der Waals surface area (Å²) < 4.78 is 0. The summed E-state index contributed by atoms with van der Waals surface area (Å²) >= 11 is 4.94. The largest absolute Gasteiger partial charge is 0.392 e. The van der Waals surface area contributed by atoms with Gasteiger partial charge in [-0.15, -0.1) is 0 Å². The standard InChI is InChI=1S/C11H18N4O2S/c1-11(2,8(12)18)9(16)14-3-4-15-7(6-14)5-13-10(15)17/h7H,3-6H2,1-2H3,(H2,12,18)(H,13,17). The topological polar surface area (TPSA) is 78.7 Å². The van der Waals surface area contributed by atoms with Gasteiger partial charge in [-0.05, 0) is 13.8 Å². The van der Waals surface area contributed by atoms with Gasteiger partial charge < -0.3 is 20.9 Å². The quantitative estimate of drug-likeness (QED) is 0.665. The number of urea groups is 1. The highest BCUT2D eigenvalue weighted by atomic mass is 32.1. The molecule has 2 saturated heterocycles. The van der Waals surface area contributed by atoms with Crippen LogP contribution in [0.15, 0.2) is 0 Å². The van der Waals surface area contributed by atoms with Crippen molar-refractivity contribution in [3.63, 3.8) is 0 Å². The van der Waals surface area contributed by atoms with Gasteiger partial charge in [0.2, 0.25) is 5.91 Å². The molecule has 0 spiro atoms. The number of thiocarbonyl (C=S) groups is 1. The highest BCUT2D eigenvalue weighted by Gasteiger charge is 2.41. The smallest absolute Gasteiger partial charge is 0.317 e. The summed E-state index contributed by atoms with van der Waals surface area (Å²) in [5, 5.41) is 2.78. The molecular weight excluding hydrogens is 252 g/mol. The Bertz CT molecular complexity index is 410. The van der Waals surface area contributed by atoms with E-state index in [9.17, 15) is 9.59 Å². The number of hydrogen-bond donors (Lipinski definition) is 2.